The van der Waals surface area contributed by atoms with E-state index in [-0.39, 0.29) is 15.8 Å². The number of carbonyl (C=O) groups is 1. The second-order valence-corrected chi connectivity index (χ2v) is 9.91. The van der Waals surface area contributed by atoms with Crippen LogP contribution >= 0.6 is 22.9 Å². The van der Waals surface area contributed by atoms with E-state index in [1.807, 2.05) is 0 Å². The van der Waals surface area contributed by atoms with E-state index in [0.29, 0.717) is 18.7 Å². The lowest BCUT2D eigenvalue weighted by Gasteiger charge is -2.34. The molecule has 2 aromatic rings. The third-order valence-electron chi connectivity index (χ3n) is 4.52. The highest BCUT2D eigenvalue weighted by Gasteiger charge is 2.24. The minimum Gasteiger partial charge on any atom is -0.336 e. The summed E-state index contributed by atoms with van der Waals surface area (Å²) in [6, 6.07) is 4.41. The Labute approximate surface area is 168 Å². The van der Waals surface area contributed by atoms with Crippen molar-refractivity contribution in [3.8, 4) is 0 Å². The Morgan fingerprint density at radius 3 is 2.56 bits per heavy atom. The first-order valence-corrected chi connectivity index (χ1v) is 11.9. The molecular formula is C18H22ClN3O3S2. The largest absolute Gasteiger partial charge is 0.336 e. The molecule has 2 heterocycles. The van der Waals surface area contributed by atoms with E-state index in [2.05, 4.69) is 22.2 Å². The average Bonchev–Trinajstić information content (AvgIpc) is 3.09. The molecule has 1 amide bonds. The molecule has 3 rings (SSSR count). The van der Waals surface area contributed by atoms with Gasteiger partial charge in [0.15, 0.2) is 9.84 Å². The average molecular weight is 428 g/mol. The Hall–Kier alpha value is -1.48. The highest BCUT2D eigenvalue weighted by Crippen LogP contribution is 2.23. The van der Waals surface area contributed by atoms with Crippen molar-refractivity contribution in [3.05, 3.63) is 44.9 Å². The molecule has 0 unspecified atom stereocenters. The van der Waals surface area contributed by atoms with Crippen LogP contribution in [-0.4, -0.2) is 61.5 Å². The van der Waals surface area contributed by atoms with E-state index in [9.17, 15) is 13.2 Å². The summed E-state index contributed by atoms with van der Waals surface area (Å²) in [6.07, 6.45) is 2.03. The summed E-state index contributed by atoms with van der Waals surface area (Å²) in [7, 11) is -3.48. The molecule has 27 heavy (non-hydrogen) atoms. The van der Waals surface area contributed by atoms with Gasteiger partial charge in [-0.2, -0.15) is 0 Å². The molecule has 6 nitrogen and oxygen atoms in total. The number of hydrogen-bond donors (Lipinski definition) is 0. The zero-order valence-electron chi connectivity index (χ0n) is 15.3. The van der Waals surface area contributed by atoms with E-state index < -0.39 is 9.84 Å². The number of carbonyl (C=O) groups excluding carboxylic acids is 1. The lowest BCUT2D eigenvalue weighted by atomic mass is 10.2. The van der Waals surface area contributed by atoms with Gasteiger partial charge in [-0.05, 0) is 24.6 Å². The van der Waals surface area contributed by atoms with Crippen molar-refractivity contribution in [2.24, 2.45) is 0 Å². The summed E-state index contributed by atoms with van der Waals surface area (Å²) in [6.45, 7) is 5.60. The number of hydrogen-bond acceptors (Lipinski definition) is 6. The van der Waals surface area contributed by atoms with Crippen molar-refractivity contribution in [1.29, 1.82) is 0 Å². The molecule has 0 N–H and O–H groups in total. The van der Waals surface area contributed by atoms with Crippen LogP contribution in [-0.2, 0) is 22.8 Å². The molecule has 0 bridgehead atoms. The lowest BCUT2D eigenvalue weighted by Crippen LogP contribution is -2.48. The Bertz CT molecular complexity index is 935. The number of piperazine rings is 1. The lowest BCUT2D eigenvalue weighted by molar-refractivity contribution is 0.0627. The molecule has 1 aliphatic rings. The van der Waals surface area contributed by atoms with Gasteiger partial charge in [0.25, 0.3) is 5.91 Å². The number of thiazole rings is 1. The van der Waals surface area contributed by atoms with Crippen LogP contribution in [0, 0.1) is 0 Å². The fourth-order valence-electron chi connectivity index (χ4n) is 3.03. The molecule has 0 atom stereocenters. The Morgan fingerprint density at radius 1 is 1.26 bits per heavy atom. The van der Waals surface area contributed by atoms with Crippen molar-refractivity contribution in [2.75, 3.05) is 32.4 Å². The van der Waals surface area contributed by atoms with Crippen molar-refractivity contribution in [3.63, 3.8) is 0 Å². The molecule has 0 saturated carbocycles. The third kappa shape index (κ3) is 4.87. The first-order chi connectivity index (χ1) is 12.8. The summed E-state index contributed by atoms with van der Waals surface area (Å²) in [5.41, 5.74) is 1.42. The summed E-state index contributed by atoms with van der Waals surface area (Å²) < 4.78 is 23.6. The number of nitrogens with zero attached hydrogens (tertiary/aromatic N) is 3. The van der Waals surface area contributed by atoms with E-state index in [4.69, 9.17) is 11.6 Å². The monoisotopic (exact) mass is 427 g/mol. The molecule has 9 heteroatoms. The molecular weight excluding hydrogens is 406 g/mol. The fourth-order valence-corrected chi connectivity index (χ4v) is 5.06. The molecule has 1 fully saturated rings. The highest BCUT2D eigenvalue weighted by atomic mass is 35.5. The standard InChI is InChI=1S/C18H22ClN3O3S2/c1-3-17-20-14(12-26-17)11-21-6-8-22(9-7-21)18(23)13-4-5-15(19)16(10-13)27(2,24)25/h4-5,10,12H,3,6-9,11H2,1-2H3. The number of amides is 1. The maximum absolute atomic E-state index is 12.8. The van der Waals surface area contributed by atoms with Crippen LogP contribution in [0.4, 0.5) is 0 Å². The Balaban J connectivity index is 1.63. The first-order valence-electron chi connectivity index (χ1n) is 8.72. The van der Waals surface area contributed by atoms with Crippen molar-refractivity contribution in [1.82, 2.24) is 14.8 Å². The van der Waals surface area contributed by atoms with Crippen LogP contribution in [0.5, 0.6) is 0 Å². The van der Waals surface area contributed by atoms with Gasteiger partial charge in [0, 0.05) is 49.9 Å². The number of aryl methyl sites for hydroxylation is 1. The van der Waals surface area contributed by atoms with Crippen molar-refractivity contribution >= 4 is 38.7 Å². The molecule has 1 aromatic carbocycles. The zero-order chi connectivity index (χ0) is 19.6. The number of sulfone groups is 1. The summed E-state index contributed by atoms with van der Waals surface area (Å²) in [5.74, 6) is -0.168. The van der Waals surface area contributed by atoms with Gasteiger partial charge in [-0.3, -0.25) is 9.69 Å². The molecule has 146 valence electrons. The molecule has 1 aromatic heterocycles. The molecule has 0 radical (unpaired) electrons. The number of halogens is 1. The van der Waals surface area contributed by atoms with Crippen LogP contribution in [0.15, 0.2) is 28.5 Å². The Kier molecular flexibility index (Phi) is 6.20. The zero-order valence-corrected chi connectivity index (χ0v) is 17.7. The second kappa shape index (κ2) is 8.26. The van der Waals surface area contributed by atoms with Gasteiger partial charge in [0.05, 0.1) is 20.6 Å². The maximum Gasteiger partial charge on any atom is 0.253 e. The van der Waals surface area contributed by atoms with Crippen LogP contribution in [0.3, 0.4) is 0 Å². The third-order valence-corrected chi connectivity index (χ3v) is 7.14. The highest BCUT2D eigenvalue weighted by molar-refractivity contribution is 7.90. The smallest absolute Gasteiger partial charge is 0.253 e. The maximum atomic E-state index is 12.8. The topological polar surface area (TPSA) is 70.6 Å². The van der Waals surface area contributed by atoms with E-state index >= 15 is 0 Å². The van der Waals surface area contributed by atoms with Crippen molar-refractivity contribution in [2.45, 2.75) is 24.8 Å². The van der Waals surface area contributed by atoms with Gasteiger partial charge in [0.2, 0.25) is 0 Å². The minimum absolute atomic E-state index is 0.0103. The Morgan fingerprint density at radius 2 is 1.96 bits per heavy atom. The molecule has 0 aliphatic carbocycles. The second-order valence-electron chi connectivity index (χ2n) is 6.57. The van der Waals surface area contributed by atoms with Crippen LogP contribution < -0.4 is 0 Å². The predicted octanol–water partition coefficient (Wildman–Crippen LogP) is 2.72. The van der Waals surface area contributed by atoms with Crippen LogP contribution in [0.25, 0.3) is 0 Å². The quantitative estimate of drug-likeness (QED) is 0.733. The number of benzene rings is 1. The van der Waals surface area contributed by atoms with Gasteiger partial charge in [0.1, 0.15) is 0 Å². The summed E-state index contributed by atoms with van der Waals surface area (Å²) in [4.78, 5) is 21.4. The minimum atomic E-state index is -3.48. The normalized spacial score (nSPS) is 15.9. The predicted molar refractivity (Wildman–Crippen MR) is 107 cm³/mol. The van der Waals surface area contributed by atoms with Crippen LogP contribution in [0.1, 0.15) is 28.0 Å². The van der Waals surface area contributed by atoms with E-state index in [0.717, 1.165) is 43.0 Å². The molecule has 1 saturated heterocycles. The molecule has 0 spiro atoms. The summed E-state index contributed by atoms with van der Waals surface area (Å²) in [5, 5.41) is 3.37. The van der Waals surface area contributed by atoms with Gasteiger partial charge >= 0.3 is 0 Å². The van der Waals surface area contributed by atoms with Gasteiger partial charge < -0.3 is 4.90 Å². The first kappa shape index (κ1) is 20.3. The number of aromatic nitrogens is 1. The van der Waals surface area contributed by atoms with Gasteiger partial charge in [-0.1, -0.05) is 18.5 Å². The van der Waals surface area contributed by atoms with Gasteiger partial charge in [-0.15, -0.1) is 11.3 Å². The summed E-state index contributed by atoms with van der Waals surface area (Å²) >= 11 is 7.65. The SMILES string of the molecule is CCc1nc(CN2CCN(C(=O)c3ccc(Cl)c(S(C)(=O)=O)c3)CC2)cs1. The fraction of sp³-hybridized carbons (Fsp3) is 0.444. The van der Waals surface area contributed by atoms with E-state index in [1.54, 1.807) is 22.3 Å². The van der Waals surface area contributed by atoms with Crippen LogP contribution in [0.2, 0.25) is 5.02 Å². The number of rotatable bonds is 5. The van der Waals surface area contributed by atoms with Crippen molar-refractivity contribution < 1.29 is 13.2 Å². The van der Waals surface area contributed by atoms with E-state index in [1.165, 1.54) is 12.1 Å². The van der Waals surface area contributed by atoms with Gasteiger partial charge in [-0.25, -0.2) is 13.4 Å². The molecule has 1 aliphatic heterocycles.